The van der Waals surface area contributed by atoms with Crippen molar-refractivity contribution in [1.82, 2.24) is 10.2 Å². The van der Waals surface area contributed by atoms with Gasteiger partial charge in [-0.05, 0) is 44.5 Å². The summed E-state index contributed by atoms with van der Waals surface area (Å²) in [7, 11) is 0. The van der Waals surface area contributed by atoms with Crippen molar-refractivity contribution in [2.45, 2.75) is 26.3 Å². The van der Waals surface area contributed by atoms with E-state index >= 15 is 0 Å². The molecule has 1 aromatic carbocycles. The standard InChI is InChI=1S/C17H26N4/c1-3-20(4-2)16-8-6-15(7-9-16)17(14-18)21-12-5-10-19-11-13-21/h6-9,17,19H,3-5,10-13H2,1-2H3. The molecule has 4 heteroatoms. The first-order valence-electron chi connectivity index (χ1n) is 7.99. The van der Waals surface area contributed by atoms with Gasteiger partial charge in [0.15, 0.2) is 0 Å². The Bertz CT molecular complexity index is 451. The second-order valence-corrected chi connectivity index (χ2v) is 5.43. The molecule has 1 heterocycles. The molecule has 1 aliphatic heterocycles. The molecule has 1 aromatic rings. The van der Waals surface area contributed by atoms with Crippen LogP contribution in [-0.2, 0) is 0 Å². The van der Waals surface area contributed by atoms with Crippen molar-refractivity contribution >= 4 is 5.69 Å². The lowest BCUT2D eigenvalue weighted by Gasteiger charge is -2.26. The Hall–Kier alpha value is -1.57. The predicted octanol–water partition coefficient (Wildman–Crippen LogP) is 2.39. The Balaban J connectivity index is 2.13. The van der Waals surface area contributed by atoms with Gasteiger partial charge in [-0.25, -0.2) is 0 Å². The van der Waals surface area contributed by atoms with E-state index in [2.05, 4.69) is 59.3 Å². The van der Waals surface area contributed by atoms with Gasteiger partial charge in [0.1, 0.15) is 6.04 Å². The van der Waals surface area contributed by atoms with Crippen LogP contribution in [0.3, 0.4) is 0 Å². The highest BCUT2D eigenvalue weighted by Gasteiger charge is 2.21. The highest BCUT2D eigenvalue weighted by Crippen LogP contribution is 2.23. The summed E-state index contributed by atoms with van der Waals surface area (Å²) in [5, 5.41) is 13.0. The van der Waals surface area contributed by atoms with Gasteiger partial charge in [-0.1, -0.05) is 12.1 Å². The minimum absolute atomic E-state index is 0.129. The van der Waals surface area contributed by atoms with Crippen LogP contribution >= 0.6 is 0 Å². The number of nitrogens with one attached hydrogen (secondary N) is 1. The van der Waals surface area contributed by atoms with Crippen LogP contribution in [0.2, 0.25) is 0 Å². The van der Waals surface area contributed by atoms with Crippen molar-refractivity contribution in [2.24, 2.45) is 0 Å². The van der Waals surface area contributed by atoms with Crippen LogP contribution in [0.4, 0.5) is 5.69 Å². The molecule has 0 saturated carbocycles. The summed E-state index contributed by atoms with van der Waals surface area (Å²) >= 11 is 0. The Labute approximate surface area is 128 Å². The lowest BCUT2D eigenvalue weighted by atomic mass is 10.1. The number of hydrogen-bond donors (Lipinski definition) is 1. The van der Waals surface area contributed by atoms with Crippen LogP contribution in [0.5, 0.6) is 0 Å². The maximum absolute atomic E-state index is 9.57. The zero-order chi connectivity index (χ0) is 15.1. The molecular formula is C17H26N4. The minimum atomic E-state index is -0.129. The first-order valence-corrected chi connectivity index (χ1v) is 7.99. The smallest absolute Gasteiger partial charge is 0.123 e. The van der Waals surface area contributed by atoms with E-state index in [1.165, 1.54) is 5.69 Å². The fraction of sp³-hybridized carbons (Fsp3) is 0.588. The van der Waals surface area contributed by atoms with Gasteiger partial charge in [0.25, 0.3) is 0 Å². The molecular weight excluding hydrogens is 260 g/mol. The summed E-state index contributed by atoms with van der Waals surface area (Å²) in [6.07, 6.45) is 1.11. The number of hydrogen-bond acceptors (Lipinski definition) is 4. The third-order valence-electron chi connectivity index (χ3n) is 4.20. The highest BCUT2D eigenvalue weighted by atomic mass is 15.2. The first-order chi connectivity index (χ1) is 10.3. The van der Waals surface area contributed by atoms with E-state index in [0.717, 1.165) is 51.3 Å². The summed E-state index contributed by atoms with van der Waals surface area (Å²) in [4.78, 5) is 4.60. The molecule has 21 heavy (non-hydrogen) atoms. The van der Waals surface area contributed by atoms with Crippen molar-refractivity contribution in [3.05, 3.63) is 29.8 Å². The Morgan fingerprint density at radius 2 is 1.90 bits per heavy atom. The van der Waals surface area contributed by atoms with Gasteiger partial charge in [0.05, 0.1) is 6.07 Å². The molecule has 1 saturated heterocycles. The second kappa shape index (κ2) is 8.02. The molecule has 1 unspecified atom stereocenters. The lowest BCUT2D eigenvalue weighted by Crippen LogP contribution is -2.31. The Kier molecular flexibility index (Phi) is 6.04. The molecule has 114 valence electrons. The fourth-order valence-corrected chi connectivity index (χ4v) is 2.95. The Morgan fingerprint density at radius 3 is 2.52 bits per heavy atom. The summed E-state index contributed by atoms with van der Waals surface area (Å²) < 4.78 is 0. The summed E-state index contributed by atoms with van der Waals surface area (Å²) in [5.41, 5.74) is 2.34. The van der Waals surface area contributed by atoms with Crippen LogP contribution in [0.25, 0.3) is 0 Å². The summed E-state index contributed by atoms with van der Waals surface area (Å²) in [6.45, 7) is 10.3. The topological polar surface area (TPSA) is 42.3 Å². The summed E-state index contributed by atoms with van der Waals surface area (Å²) in [5.74, 6) is 0. The van der Waals surface area contributed by atoms with Gasteiger partial charge in [0, 0.05) is 38.4 Å². The lowest BCUT2D eigenvalue weighted by molar-refractivity contribution is 0.252. The van der Waals surface area contributed by atoms with Crippen LogP contribution in [0, 0.1) is 11.3 Å². The van der Waals surface area contributed by atoms with Crippen molar-refractivity contribution in [1.29, 1.82) is 5.26 Å². The maximum atomic E-state index is 9.57. The number of nitriles is 1. The fourth-order valence-electron chi connectivity index (χ4n) is 2.95. The number of anilines is 1. The average Bonchev–Trinajstić information content (AvgIpc) is 2.80. The number of rotatable bonds is 5. The first kappa shape index (κ1) is 15.8. The van der Waals surface area contributed by atoms with E-state index in [-0.39, 0.29) is 6.04 Å². The molecule has 0 bridgehead atoms. The number of benzene rings is 1. The molecule has 1 atom stereocenters. The van der Waals surface area contributed by atoms with Gasteiger partial charge < -0.3 is 10.2 Å². The summed E-state index contributed by atoms with van der Waals surface area (Å²) in [6, 6.07) is 10.9. The van der Waals surface area contributed by atoms with Gasteiger partial charge in [0.2, 0.25) is 0 Å². The third-order valence-corrected chi connectivity index (χ3v) is 4.20. The van der Waals surface area contributed by atoms with Gasteiger partial charge in [-0.15, -0.1) is 0 Å². The van der Waals surface area contributed by atoms with E-state index < -0.39 is 0 Å². The van der Waals surface area contributed by atoms with Gasteiger partial charge in [-0.2, -0.15) is 5.26 Å². The van der Waals surface area contributed by atoms with Crippen LogP contribution in [0.15, 0.2) is 24.3 Å². The SMILES string of the molecule is CCN(CC)c1ccc(C(C#N)N2CCCNCC2)cc1. The van der Waals surface area contributed by atoms with Crippen LogP contribution in [0.1, 0.15) is 31.9 Å². The second-order valence-electron chi connectivity index (χ2n) is 5.43. The minimum Gasteiger partial charge on any atom is -0.372 e. The molecule has 1 aliphatic rings. The molecule has 4 nitrogen and oxygen atoms in total. The molecule has 2 rings (SSSR count). The van der Waals surface area contributed by atoms with Crippen molar-refractivity contribution in [2.75, 3.05) is 44.2 Å². The van der Waals surface area contributed by atoms with Crippen molar-refractivity contribution in [3.8, 4) is 6.07 Å². The molecule has 0 amide bonds. The van der Waals surface area contributed by atoms with Gasteiger partial charge >= 0.3 is 0 Å². The van der Waals surface area contributed by atoms with E-state index in [1.54, 1.807) is 0 Å². The van der Waals surface area contributed by atoms with Gasteiger partial charge in [-0.3, -0.25) is 4.90 Å². The van der Waals surface area contributed by atoms with Crippen LogP contribution in [-0.4, -0.2) is 44.2 Å². The zero-order valence-electron chi connectivity index (χ0n) is 13.2. The monoisotopic (exact) mass is 286 g/mol. The predicted molar refractivity (Wildman–Crippen MR) is 87.4 cm³/mol. The molecule has 0 radical (unpaired) electrons. The third kappa shape index (κ3) is 3.96. The molecule has 0 spiro atoms. The number of nitrogens with zero attached hydrogens (tertiary/aromatic N) is 3. The van der Waals surface area contributed by atoms with E-state index in [0.29, 0.717) is 0 Å². The largest absolute Gasteiger partial charge is 0.372 e. The zero-order valence-corrected chi connectivity index (χ0v) is 13.2. The van der Waals surface area contributed by atoms with Crippen LogP contribution < -0.4 is 10.2 Å². The highest BCUT2D eigenvalue weighted by molar-refractivity contribution is 5.48. The molecule has 1 fully saturated rings. The molecule has 0 aromatic heterocycles. The average molecular weight is 286 g/mol. The quantitative estimate of drug-likeness (QED) is 0.902. The normalized spacial score (nSPS) is 17.8. The van der Waals surface area contributed by atoms with E-state index in [4.69, 9.17) is 0 Å². The molecule has 1 N–H and O–H groups in total. The van der Waals surface area contributed by atoms with Crippen molar-refractivity contribution in [3.63, 3.8) is 0 Å². The van der Waals surface area contributed by atoms with E-state index in [1.807, 2.05) is 0 Å². The van der Waals surface area contributed by atoms with Crippen molar-refractivity contribution < 1.29 is 0 Å². The molecule has 0 aliphatic carbocycles. The maximum Gasteiger partial charge on any atom is 0.123 e. The Morgan fingerprint density at radius 1 is 1.19 bits per heavy atom. The van der Waals surface area contributed by atoms with E-state index in [9.17, 15) is 5.26 Å².